The van der Waals surface area contributed by atoms with Crippen molar-refractivity contribution in [1.82, 2.24) is 5.32 Å². The van der Waals surface area contributed by atoms with Crippen molar-refractivity contribution in [3.63, 3.8) is 0 Å². The molecule has 0 fully saturated rings. The number of benzene rings is 2. The predicted octanol–water partition coefficient (Wildman–Crippen LogP) is 4.19. The normalized spacial score (nSPS) is 10.5. The fourth-order valence-corrected chi connectivity index (χ4v) is 2.07. The van der Waals surface area contributed by atoms with Gasteiger partial charge in [-0.15, -0.1) is 0 Å². The van der Waals surface area contributed by atoms with Crippen molar-refractivity contribution < 1.29 is 14.5 Å². The third-order valence-corrected chi connectivity index (χ3v) is 3.37. The van der Waals surface area contributed by atoms with Crippen LogP contribution in [0.1, 0.15) is 11.1 Å². The van der Waals surface area contributed by atoms with Gasteiger partial charge in [0.25, 0.3) is 5.69 Å². The molecule has 1 amide bonds. The largest absolute Gasteiger partial charge is 0.445 e. The van der Waals surface area contributed by atoms with Crippen molar-refractivity contribution in [3.8, 4) is 0 Å². The molecule has 1 N–H and O–H groups in total. The Morgan fingerprint density at radius 3 is 2.71 bits per heavy atom. The first kappa shape index (κ1) is 17.5. The van der Waals surface area contributed by atoms with Crippen LogP contribution in [0.5, 0.6) is 0 Å². The Labute approximate surface area is 143 Å². The molecule has 2 aromatic carbocycles. The molecule has 0 saturated carbocycles. The summed E-state index contributed by atoms with van der Waals surface area (Å²) in [5.41, 5.74) is 1.36. The number of rotatable bonds is 6. The molecule has 2 aromatic rings. The van der Waals surface area contributed by atoms with Gasteiger partial charge in [0.05, 0.1) is 4.92 Å². The van der Waals surface area contributed by atoms with Crippen LogP contribution in [-0.2, 0) is 11.3 Å². The highest BCUT2D eigenvalue weighted by atomic mass is 35.5. The third-order valence-electron chi connectivity index (χ3n) is 3.05. The minimum absolute atomic E-state index is 0.0831. The molecule has 0 aliphatic carbocycles. The van der Waals surface area contributed by atoms with Gasteiger partial charge in [0.15, 0.2) is 0 Å². The van der Waals surface area contributed by atoms with E-state index in [1.165, 1.54) is 12.1 Å². The van der Waals surface area contributed by atoms with Crippen molar-refractivity contribution in [2.24, 2.45) is 0 Å². The predicted molar refractivity (Wildman–Crippen MR) is 91.8 cm³/mol. The monoisotopic (exact) mass is 346 g/mol. The van der Waals surface area contributed by atoms with Gasteiger partial charge in [0, 0.05) is 12.6 Å². The van der Waals surface area contributed by atoms with Crippen LogP contribution in [0, 0.1) is 10.1 Å². The first-order valence-corrected chi connectivity index (χ1v) is 7.49. The zero-order valence-corrected chi connectivity index (χ0v) is 13.4. The van der Waals surface area contributed by atoms with E-state index in [1.54, 1.807) is 18.2 Å². The van der Waals surface area contributed by atoms with Crippen molar-refractivity contribution in [2.45, 2.75) is 6.61 Å². The average Bonchev–Trinajstić information content (AvgIpc) is 2.59. The van der Waals surface area contributed by atoms with Crippen LogP contribution in [0.2, 0.25) is 5.02 Å². The van der Waals surface area contributed by atoms with Crippen molar-refractivity contribution in [3.05, 3.63) is 80.9 Å². The van der Waals surface area contributed by atoms with Crippen molar-refractivity contribution in [2.75, 3.05) is 6.54 Å². The highest BCUT2D eigenvalue weighted by Crippen LogP contribution is 2.25. The second-order valence-corrected chi connectivity index (χ2v) is 5.22. The lowest BCUT2D eigenvalue weighted by Gasteiger charge is -2.05. The number of halogens is 1. The lowest BCUT2D eigenvalue weighted by molar-refractivity contribution is -0.384. The Morgan fingerprint density at radius 2 is 2.00 bits per heavy atom. The van der Waals surface area contributed by atoms with E-state index in [0.29, 0.717) is 5.56 Å². The van der Waals surface area contributed by atoms with Crippen LogP contribution in [0.25, 0.3) is 6.08 Å². The zero-order valence-electron chi connectivity index (χ0n) is 12.6. The summed E-state index contributed by atoms with van der Waals surface area (Å²) in [6, 6.07) is 13.8. The Balaban J connectivity index is 1.79. The summed E-state index contributed by atoms with van der Waals surface area (Å²) in [5, 5.41) is 13.5. The Morgan fingerprint density at radius 1 is 1.25 bits per heavy atom. The van der Waals surface area contributed by atoms with Crippen LogP contribution in [0.4, 0.5) is 10.5 Å². The van der Waals surface area contributed by atoms with Crippen molar-refractivity contribution >= 4 is 29.5 Å². The first-order chi connectivity index (χ1) is 11.6. The molecular formula is C17H15ClN2O4. The van der Waals surface area contributed by atoms with Gasteiger partial charge in [-0.05, 0) is 17.2 Å². The number of nitrogens with zero attached hydrogens (tertiary/aromatic N) is 1. The van der Waals surface area contributed by atoms with Crippen molar-refractivity contribution in [1.29, 1.82) is 0 Å². The van der Waals surface area contributed by atoms with Gasteiger partial charge < -0.3 is 10.1 Å². The number of amides is 1. The average molecular weight is 347 g/mol. The number of carbonyl (C=O) groups excluding carboxylic acids is 1. The summed E-state index contributed by atoms with van der Waals surface area (Å²) in [6.45, 7) is 0.434. The molecule has 0 heterocycles. The van der Waals surface area contributed by atoms with Gasteiger partial charge in [-0.2, -0.15) is 0 Å². The quantitative estimate of drug-likeness (QED) is 0.628. The fourth-order valence-electron chi connectivity index (χ4n) is 1.88. The molecule has 0 radical (unpaired) electrons. The lowest BCUT2D eigenvalue weighted by Crippen LogP contribution is -2.24. The SMILES string of the molecule is O=C(NCC=Cc1ccc(Cl)c([N+](=O)[O-])c1)OCc1ccccc1. The summed E-state index contributed by atoms with van der Waals surface area (Å²) in [5.74, 6) is 0. The molecule has 124 valence electrons. The maximum atomic E-state index is 11.5. The summed E-state index contributed by atoms with van der Waals surface area (Å²) < 4.78 is 5.06. The summed E-state index contributed by atoms with van der Waals surface area (Å²) in [6.07, 6.45) is 2.78. The van der Waals surface area contributed by atoms with Gasteiger partial charge in [0.2, 0.25) is 0 Å². The Kier molecular flexibility index (Phi) is 6.33. The number of nitro groups is 1. The number of nitro benzene ring substituents is 1. The van der Waals surface area contributed by atoms with E-state index in [4.69, 9.17) is 16.3 Å². The highest BCUT2D eigenvalue weighted by Gasteiger charge is 2.11. The molecule has 0 atom stereocenters. The van der Waals surface area contributed by atoms with E-state index >= 15 is 0 Å². The summed E-state index contributed by atoms with van der Waals surface area (Å²) in [4.78, 5) is 21.8. The van der Waals surface area contributed by atoms with Crippen LogP contribution < -0.4 is 5.32 Å². The van der Waals surface area contributed by atoms with Crippen LogP contribution in [0.15, 0.2) is 54.6 Å². The minimum atomic E-state index is -0.543. The topological polar surface area (TPSA) is 81.5 Å². The van der Waals surface area contributed by atoms with Gasteiger partial charge >= 0.3 is 6.09 Å². The maximum Gasteiger partial charge on any atom is 0.407 e. The van der Waals surface area contributed by atoms with E-state index in [2.05, 4.69) is 5.32 Å². The molecule has 0 aliphatic rings. The molecule has 6 nitrogen and oxygen atoms in total. The molecular weight excluding hydrogens is 332 g/mol. The Bertz CT molecular complexity index is 748. The molecule has 0 spiro atoms. The molecule has 0 aromatic heterocycles. The summed E-state index contributed by atoms with van der Waals surface area (Å²) >= 11 is 5.74. The van der Waals surface area contributed by atoms with E-state index < -0.39 is 11.0 Å². The number of nitrogens with one attached hydrogen (secondary N) is 1. The number of alkyl carbamates (subject to hydrolysis) is 1. The minimum Gasteiger partial charge on any atom is -0.445 e. The number of hydrogen-bond acceptors (Lipinski definition) is 4. The Hall–Kier alpha value is -2.86. The molecule has 0 unspecified atom stereocenters. The fraction of sp³-hybridized carbons (Fsp3) is 0.118. The van der Waals surface area contributed by atoms with E-state index in [9.17, 15) is 14.9 Å². The molecule has 2 rings (SSSR count). The zero-order chi connectivity index (χ0) is 17.4. The summed E-state index contributed by atoms with van der Waals surface area (Å²) in [7, 11) is 0. The van der Waals surface area contributed by atoms with Gasteiger partial charge in [-0.25, -0.2) is 4.79 Å². The standard InChI is InChI=1S/C17H15ClN2O4/c18-15-9-8-13(11-16(15)20(22)23)7-4-10-19-17(21)24-12-14-5-2-1-3-6-14/h1-9,11H,10,12H2,(H,19,21). The molecule has 24 heavy (non-hydrogen) atoms. The second-order valence-electron chi connectivity index (χ2n) is 4.81. The van der Waals surface area contributed by atoms with Crippen LogP contribution in [-0.4, -0.2) is 17.6 Å². The highest BCUT2D eigenvalue weighted by molar-refractivity contribution is 6.32. The lowest BCUT2D eigenvalue weighted by atomic mass is 10.2. The molecule has 0 bridgehead atoms. The molecule has 0 aliphatic heterocycles. The third kappa shape index (κ3) is 5.40. The van der Waals surface area contributed by atoms with Gasteiger partial charge in [0.1, 0.15) is 11.6 Å². The number of ether oxygens (including phenoxy) is 1. The van der Waals surface area contributed by atoms with Crippen LogP contribution >= 0.6 is 11.6 Å². The van der Waals surface area contributed by atoms with E-state index in [0.717, 1.165) is 5.56 Å². The molecule has 7 heteroatoms. The van der Waals surface area contributed by atoms with Gasteiger partial charge in [-0.1, -0.05) is 60.2 Å². The number of hydrogen-bond donors (Lipinski definition) is 1. The van der Waals surface area contributed by atoms with Crippen LogP contribution in [0.3, 0.4) is 0 Å². The first-order valence-electron chi connectivity index (χ1n) is 7.11. The number of carbonyl (C=O) groups is 1. The molecule has 0 saturated heterocycles. The van der Waals surface area contributed by atoms with E-state index in [-0.39, 0.29) is 23.9 Å². The van der Waals surface area contributed by atoms with Gasteiger partial charge in [-0.3, -0.25) is 10.1 Å². The smallest absolute Gasteiger partial charge is 0.407 e. The second kappa shape index (κ2) is 8.69. The maximum absolute atomic E-state index is 11.5. The van der Waals surface area contributed by atoms with E-state index in [1.807, 2.05) is 30.3 Å².